The molecule has 0 aromatic carbocycles. The van der Waals surface area contributed by atoms with Crippen molar-refractivity contribution in [3.63, 3.8) is 0 Å². The van der Waals surface area contributed by atoms with Crippen LogP contribution >= 0.6 is 27.5 Å². The van der Waals surface area contributed by atoms with E-state index < -0.39 is 0 Å². The molecule has 2 heterocycles. The third kappa shape index (κ3) is 3.20. The summed E-state index contributed by atoms with van der Waals surface area (Å²) in [6.45, 7) is 0. The molecule has 2 rings (SSSR count). The highest BCUT2D eigenvalue weighted by Gasteiger charge is 2.14. The summed E-state index contributed by atoms with van der Waals surface area (Å²) >= 11 is 9.47. The van der Waals surface area contributed by atoms with E-state index in [1.807, 2.05) is 12.1 Å². The Hall–Kier alpha value is -1.07. The number of halogens is 2. The summed E-state index contributed by atoms with van der Waals surface area (Å²) in [4.78, 5) is 8.07. The van der Waals surface area contributed by atoms with Crippen LogP contribution in [0.3, 0.4) is 0 Å². The van der Waals surface area contributed by atoms with Crippen molar-refractivity contribution in [2.75, 3.05) is 7.11 Å². The Balaban J connectivity index is 2.09. The average molecular weight is 318 g/mol. The Kier molecular flexibility index (Phi) is 4.02. The standard InChI is InChI=1S/C11H10BrClN2O2/c1-16-11-5-7(14-6-15-11)4-8(13)9-2-3-10(12)17-9/h2-3,5-6,8H,4H2,1H3. The van der Waals surface area contributed by atoms with Crippen molar-refractivity contribution >= 4 is 27.5 Å². The molecule has 6 heteroatoms. The van der Waals surface area contributed by atoms with Crippen molar-refractivity contribution in [2.45, 2.75) is 11.8 Å². The van der Waals surface area contributed by atoms with Gasteiger partial charge in [-0.3, -0.25) is 0 Å². The first-order valence-electron chi connectivity index (χ1n) is 4.93. The van der Waals surface area contributed by atoms with Crippen molar-refractivity contribution in [2.24, 2.45) is 0 Å². The van der Waals surface area contributed by atoms with Crippen molar-refractivity contribution in [1.29, 1.82) is 0 Å². The summed E-state index contributed by atoms with van der Waals surface area (Å²) in [6, 6.07) is 5.40. The Morgan fingerprint density at radius 3 is 2.94 bits per heavy atom. The second-order valence-corrected chi connectivity index (χ2v) is 4.67. The SMILES string of the molecule is COc1cc(CC(Cl)c2ccc(Br)o2)ncn1. The summed E-state index contributed by atoms with van der Waals surface area (Å²) in [7, 11) is 1.56. The minimum Gasteiger partial charge on any atom is -0.481 e. The van der Waals surface area contributed by atoms with Crippen LogP contribution in [0.4, 0.5) is 0 Å². The van der Waals surface area contributed by atoms with Crippen LogP contribution in [0.2, 0.25) is 0 Å². The monoisotopic (exact) mass is 316 g/mol. The van der Waals surface area contributed by atoms with Gasteiger partial charge in [-0.2, -0.15) is 0 Å². The molecule has 0 amide bonds. The third-order valence-electron chi connectivity index (χ3n) is 2.20. The number of hydrogen-bond acceptors (Lipinski definition) is 4. The fourth-order valence-electron chi connectivity index (χ4n) is 1.38. The molecule has 0 aliphatic carbocycles. The molecule has 1 atom stereocenters. The number of aromatic nitrogens is 2. The fraction of sp³-hybridized carbons (Fsp3) is 0.273. The number of furan rings is 1. The van der Waals surface area contributed by atoms with Crippen LogP contribution in [0.15, 0.2) is 33.6 Å². The lowest BCUT2D eigenvalue weighted by Crippen LogP contribution is -1.99. The number of alkyl halides is 1. The van der Waals surface area contributed by atoms with Gasteiger partial charge in [0, 0.05) is 18.2 Å². The Labute approximate surface area is 112 Å². The first kappa shape index (κ1) is 12.4. The van der Waals surface area contributed by atoms with Crippen molar-refractivity contribution < 1.29 is 9.15 Å². The summed E-state index contributed by atoms with van der Waals surface area (Å²) in [5, 5.41) is -0.263. The molecule has 4 nitrogen and oxygen atoms in total. The van der Waals surface area contributed by atoms with Gasteiger partial charge >= 0.3 is 0 Å². The second kappa shape index (κ2) is 5.51. The molecule has 0 spiro atoms. The van der Waals surface area contributed by atoms with Gasteiger partial charge in [0.25, 0.3) is 0 Å². The van der Waals surface area contributed by atoms with Gasteiger partial charge < -0.3 is 9.15 Å². The molecule has 0 saturated carbocycles. The molecule has 0 fully saturated rings. The first-order valence-corrected chi connectivity index (χ1v) is 6.16. The lowest BCUT2D eigenvalue weighted by Gasteiger charge is -2.06. The van der Waals surface area contributed by atoms with Gasteiger partial charge in [-0.15, -0.1) is 11.6 Å². The highest BCUT2D eigenvalue weighted by molar-refractivity contribution is 9.10. The van der Waals surface area contributed by atoms with E-state index in [-0.39, 0.29) is 5.38 Å². The maximum atomic E-state index is 6.23. The summed E-state index contributed by atoms with van der Waals surface area (Å²) in [5.41, 5.74) is 0.810. The molecule has 0 bridgehead atoms. The number of ether oxygens (including phenoxy) is 1. The topological polar surface area (TPSA) is 48.2 Å². The predicted molar refractivity (Wildman–Crippen MR) is 67.3 cm³/mol. The van der Waals surface area contributed by atoms with E-state index in [4.69, 9.17) is 20.8 Å². The van der Waals surface area contributed by atoms with Gasteiger partial charge in [0.15, 0.2) is 4.67 Å². The van der Waals surface area contributed by atoms with Crippen LogP contribution in [0, 0.1) is 0 Å². The molecular weight excluding hydrogens is 307 g/mol. The van der Waals surface area contributed by atoms with Crippen LogP contribution in [-0.4, -0.2) is 17.1 Å². The van der Waals surface area contributed by atoms with E-state index in [1.54, 1.807) is 13.2 Å². The van der Waals surface area contributed by atoms with Crippen molar-refractivity contribution in [3.05, 3.63) is 40.7 Å². The number of methoxy groups -OCH3 is 1. The molecule has 0 aliphatic rings. The lowest BCUT2D eigenvalue weighted by atomic mass is 10.2. The first-order chi connectivity index (χ1) is 8.19. The Morgan fingerprint density at radius 2 is 2.29 bits per heavy atom. The van der Waals surface area contributed by atoms with E-state index in [1.165, 1.54) is 6.33 Å². The van der Waals surface area contributed by atoms with Gasteiger partial charge in [0.05, 0.1) is 12.5 Å². The summed E-state index contributed by atoms with van der Waals surface area (Å²) in [6.07, 6.45) is 2.01. The van der Waals surface area contributed by atoms with Gasteiger partial charge in [-0.05, 0) is 28.1 Å². The zero-order valence-electron chi connectivity index (χ0n) is 9.06. The Bertz CT molecular complexity index is 504. The van der Waals surface area contributed by atoms with E-state index in [9.17, 15) is 0 Å². The minimum absolute atomic E-state index is 0.263. The smallest absolute Gasteiger partial charge is 0.216 e. The molecule has 2 aromatic rings. The molecule has 0 saturated heterocycles. The van der Waals surface area contributed by atoms with E-state index >= 15 is 0 Å². The van der Waals surface area contributed by atoms with Gasteiger partial charge in [-0.1, -0.05) is 0 Å². The number of hydrogen-bond donors (Lipinski definition) is 0. The zero-order valence-corrected chi connectivity index (χ0v) is 11.4. The molecule has 0 radical (unpaired) electrons. The van der Waals surface area contributed by atoms with Crippen LogP contribution in [0.1, 0.15) is 16.8 Å². The summed E-state index contributed by atoms with van der Waals surface area (Å²) in [5.74, 6) is 1.23. The Morgan fingerprint density at radius 1 is 1.47 bits per heavy atom. The molecule has 1 unspecified atom stereocenters. The average Bonchev–Trinajstić information content (AvgIpc) is 2.76. The van der Waals surface area contributed by atoms with Gasteiger partial charge in [0.1, 0.15) is 12.1 Å². The number of nitrogens with zero attached hydrogens (tertiary/aromatic N) is 2. The largest absolute Gasteiger partial charge is 0.481 e. The van der Waals surface area contributed by atoms with Crippen LogP contribution in [-0.2, 0) is 6.42 Å². The van der Waals surface area contributed by atoms with Crippen LogP contribution in [0.25, 0.3) is 0 Å². The van der Waals surface area contributed by atoms with Crippen LogP contribution < -0.4 is 4.74 Å². The van der Waals surface area contributed by atoms with Crippen molar-refractivity contribution in [1.82, 2.24) is 9.97 Å². The normalized spacial score (nSPS) is 12.4. The van der Waals surface area contributed by atoms with Crippen molar-refractivity contribution in [3.8, 4) is 5.88 Å². The highest BCUT2D eigenvalue weighted by Crippen LogP contribution is 2.28. The maximum Gasteiger partial charge on any atom is 0.216 e. The molecule has 2 aromatic heterocycles. The molecule has 0 aliphatic heterocycles. The lowest BCUT2D eigenvalue weighted by molar-refractivity contribution is 0.395. The van der Waals surface area contributed by atoms with Gasteiger partial charge in [0.2, 0.25) is 5.88 Å². The maximum absolute atomic E-state index is 6.23. The van der Waals surface area contributed by atoms with Gasteiger partial charge in [-0.25, -0.2) is 9.97 Å². The predicted octanol–water partition coefficient (Wildman–Crippen LogP) is 3.36. The van der Waals surface area contributed by atoms with E-state index in [2.05, 4.69) is 25.9 Å². The summed E-state index contributed by atoms with van der Waals surface area (Å²) < 4.78 is 11.1. The van der Waals surface area contributed by atoms with E-state index in [0.717, 1.165) is 5.69 Å². The molecule has 90 valence electrons. The quantitative estimate of drug-likeness (QED) is 0.811. The third-order valence-corrected chi connectivity index (χ3v) is 2.99. The molecule has 17 heavy (non-hydrogen) atoms. The minimum atomic E-state index is -0.263. The highest BCUT2D eigenvalue weighted by atomic mass is 79.9. The van der Waals surface area contributed by atoms with E-state index in [0.29, 0.717) is 22.7 Å². The number of rotatable bonds is 4. The fourth-order valence-corrected chi connectivity index (χ4v) is 1.98. The van der Waals surface area contributed by atoms with Crippen LogP contribution in [0.5, 0.6) is 5.88 Å². The second-order valence-electron chi connectivity index (χ2n) is 3.37. The zero-order chi connectivity index (χ0) is 12.3. The molecule has 0 N–H and O–H groups in total. The molecular formula is C11H10BrClN2O2.